The van der Waals surface area contributed by atoms with Gasteiger partial charge in [0.2, 0.25) is 5.91 Å². The Morgan fingerprint density at radius 1 is 1.00 bits per heavy atom. The van der Waals surface area contributed by atoms with Gasteiger partial charge in [0.1, 0.15) is 12.6 Å². The molecule has 3 rings (SSSR count). The zero-order valence-corrected chi connectivity index (χ0v) is 19.4. The Morgan fingerprint density at radius 3 is 2.06 bits per heavy atom. The minimum atomic E-state index is -1.49. The number of benzene rings is 2. The summed E-state index contributed by atoms with van der Waals surface area (Å²) in [6, 6.07) is 13.4. The van der Waals surface area contributed by atoms with E-state index < -0.39 is 36.2 Å². The first kappa shape index (κ1) is 25.0. The van der Waals surface area contributed by atoms with Crippen LogP contribution in [-0.4, -0.2) is 53.0 Å². The molecule has 0 spiro atoms. The van der Waals surface area contributed by atoms with E-state index in [1.165, 1.54) is 6.92 Å². The van der Waals surface area contributed by atoms with Gasteiger partial charge in [-0.3, -0.25) is 4.79 Å². The first-order chi connectivity index (χ1) is 16.2. The van der Waals surface area contributed by atoms with Crippen molar-refractivity contribution in [2.45, 2.75) is 51.3 Å². The van der Waals surface area contributed by atoms with E-state index in [0.29, 0.717) is 0 Å². The standard InChI is InChI=1S/C26H30N2O6/c1-15(2)12-13-22(24(30)28-23(16(3)29)25(31)32)27-26(33)34-14-21-19-10-6-4-8-17(19)18-9-5-7-11-20(18)21/h4-12,16,21-23,29H,13-14H2,1-3H3,(H,27,33)(H,28,30)(H,31,32). The maximum atomic E-state index is 12.7. The molecule has 8 heteroatoms. The van der Waals surface area contributed by atoms with Crippen LogP contribution in [-0.2, 0) is 14.3 Å². The third-order valence-electron chi connectivity index (χ3n) is 5.76. The molecule has 34 heavy (non-hydrogen) atoms. The minimum Gasteiger partial charge on any atom is -0.480 e. The molecule has 0 aliphatic heterocycles. The van der Waals surface area contributed by atoms with Crippen LogP contribution in [0.3, 0.4) is 0 Å². The van der Waals surface area contributed by atoms with E-state index in [4.69, 9.17) is 4.74 Å². The van der Waals surface area contributed by atoms with Gasteiger partial charge in [-0.05, 0) is 49.4 Å². The number of aliphatic hydroxyl groups excluding tert-OH is 1. The molecule has 3 atom stereocenters. The van der Waals surface area contributed by atoms with Crippen LogP contribution in [0.4, 0.5) is 4.79 Å². The molecule has 0 radical (unpaired) electrons. The number of hydrogen-bond donors (Lipinski definition) is 4. The van der Waals surface area contributed by atoms with Crippen molar-refractivity contribution in [2.24, 2.45) is 0 Å². The zero-order chi connectivity index (χ0) is 24.8. The summed E-state index contributed by atoms with van der Waals surface area (Å²) in [7, 11) is 0. The Balaban J connectivity index is 1.69. The van der Waals surface area contributed by atoms with E-state index in [1.54, 1.807) is 6.08 Å². The molecule has 0 saturated heterocycles. The van der Waals surface area contributed by atoms with Gasteiger partial charge in [-0.1, -0.05) is 60.2 Å². The van der Waals surface area contributed by atoms with Crippen molar-refractivity contribution >= 4 is 18.0 Å². The summed E-state index contributed by atoms with van der Waals surface area (Å²) < 4.78 is 5.51. The summed E-state index contributed by atoms with van der Waals surface area (Å²) in [5.74, 6) is -2.22. The molecular weight excluding hydrogens is 436 g/mol. The number of carbonyl (C=O) groups excluding carboxylic acids is 2. The third-order valence-corrected chi connectivity index (χ3v) is 5.76. The summed E-state index contributed by atoms with van der Waals surface area (Å²) >= 11 is 0. The molecule has 1 aliphatic carbocycles. The lowest BCUT2D eigenvalue weighted by atomic mass is 9.98. The van der Waals surface area contributed by atoms with Crippen LogP contribution in [0.25, 0.3) is 11.1 Å². The second-order valence-electron chi connectivity index (χ2n) is 8.60. The molecule has 2 amide bonds. The molecule has 4 N–H and O–H groups in total. The Hall–Kier alpha value is -3.65. The number of aliphatic hydroxyl groups is 1. The number of amides is 2. The highest BCUT2D eigenvalue weighted by molar-refractivity contribution is 5.89. The monoisotopic (exact) mass is 466 g/mol. The van der Waals surface area contributed by atoms with Gasteiger partial charge in [-0.25, -0.2) is 9.59 Å². The lowest BCUT2D eigenvalue weighted by molar-refractivity contribution is -0.145. The summed E-state index contributed by atoms with van der Waals surface area (Å²) in [6.45, 7) is 5.04. The fourth-order valence-corrected chi connectivity index (χ4v) is 4.01. The van der Waals surface area contributed by atoms with E-state index in [9.17, 15) is 24.6 Å². The summed E-state index contributed by atoms with van der Waals surface area (Å²) in [4.78, 5) is 36.7. The van der Waals surface area contributed by atoms with E-state index in [2.05, 4.69) is 10.6 Å². The zero-order valence-electron chi connectivity index (χ0n) is 19.4. The number of ether oxygens (including phenoxy) is 1. The predicted octanol–water partition coefficient (Wildman–Crippen LogP) is 3.20. The smallest absolute Gasteiger partial charge is 0.407 e. The number of alkyl carbamates (subject to hydrolysis) is 1. The normalized spacial score (nSPS) is 14.7. The number of hydrogen-bond acceptors (Lipinski definition) is 5. The molecule has 1 aliphatic rings. The first-order valence-corrected chi connectivity index (χ1v) is 11.1. The molecular formula is C26H30N2O6. The van der Waals surface area contributed by atoms with Gasteiger partial charge in [-0.15, -0.1) is 0 Å². The fraction of sp³-hybridized carbons (Fsp3) is 0.346. The Bertz CT molecular complexity index is 1040. The molecule has 0 bridgehead atoms. The third kappa shape index (κ3) is 5.82. The summed E-state index contributed by atoms with van der Waals surface area (Å²) in [5, 5.41) is 23.7. The molecule has 8 nitrogen and oxygen atoms in total. The highest BCUT2D eigenvalue weighted by atomic mass is 16.5. The van der Waals surface area contributed by atoms with Crippen LogP contribution in [0.15, 0.2) is 60.2 Å². The number of allylic oxidation sites excluding steroid dienone is 1. The van der Waals surface area contributed by atoms with Crippen LogP contribution < -0.4 is 10.6 Å². The van der Waals surface area contributed by atoms with Crippen LogP contribution in [0, 0.1) is 0 Å². The van der Waals surface area contributed by atoms with Crippen LogP contribution in [0.2, 0.25) is 0 Å². The number of carbonyl (C=O) groups is 3. The van der Waals surface area contributed by atoms with Crippen LogP contribution in [0.1, 0.15) is 44.2 Å². The number of carboxylic acids is 1. The van der Waals surface area contributed by atoms with Crippen molar-refractivity contribution < 1.29 is 29.3 Å². The van der Waals surface area contributed by atoms with Crippen molar-refractivity contribution in [1.82, 2.24) is 10.6 Å². The van der Waals surface area contributed by atoms with E-state index in [-0.39, 0.29) is 18.9 Å². The lowest BCUT2D eigenvalue weighted by Crippen LogP contribution is -2.54. The highest BCUT2D eigenvalue weighted by Crippen LogP contribution is 2.44. The van der Waals surface area contributed by atoms with Gasteiger partial charge in [-0.2, -0.15) is 0 Å². The van der Waals surface area contributed by atoms with E-state index in [0.717, 1.165) is 27.8 Å². The van der Waals surface area contributed by atoms with Gasteiger partial charge in [0.25, 0.3) is 0 Å². The average Bonchev–Trinajstić information content (AvgIpc) is 3.11. The van der Waals surface area contributed by atoms with Crippen LogP contribution in [0.5, 0.6) is 0 Å². The van der Waals surface area contributed by atoms with Gasteiger partial charge in [0, 0.05) is 5.92 Å². The highest BCUT2D eigenvalue weighted by Gasteiger charge is 2.31. The number of fused-ring (bicyclic) bond motifs is 3. The maximum absolute atomic E-state index is 12.7. The van der Waals surface area contributed by atoms with Gasteiger partial charge >= 0.3 is 12.1 Å². The molecule has 2 aromatic rings. The van der Waals surface area contributed by atoms with Crippen LogP contribution >= 0.6 is 0 Å². The second kappa shape index (κ2) is 11.0. The number of aliphatic carboxylic acids is 1. The maximum Gasteiger partial charge on any atom is 0.407 e. The van der Waals surface area contributed by atoms with Gasteiger partial charge in [0.15, 0.2) is 6.04 Å². The predicted molar refractivity (Wildman–Crippen MR) is 127 cm³/mol. The van der Waals surface area contributed by atoms with Crippen molar-refractivity contribution in [2.75, 3.05) is 6.61 Å². The topological polar surface area (TPSA) is 125 Å². The number of rotatable bonds is 9. The van der Waals surface area contributed by atoms with Crippen molar-refractivity contribution in [3.63, 3.8) is 0 Å². The molecule has 0 saturated carbocycles. The fourth-order valence-electron chi connectivity index (χ4n) is 4.01. The molecule has 0 fully saturated rings. The summed E-state index contributed by atoms with van der Waals surface area (Å²) in [6.07, 6.45) is -0.190. The molecule has 2 aromatic carbocycles. The summed E-state index contributed by atoms with van der Waals surface area (Å²) in [5.41, 5.74) is 5.27. The quantitative estimate of drug-likeness (QED) is 0.421. The molecule has 3 unspecified atom stereocenters. The van der Waals surface area contributed by atoms with Crippen molar-refractivity contribution in [3.8, 4) is 11.1 Å². The number of nitrogens with one attached hydrogen (secondary N) is 2. The SMILES string of the molecule is CC(C)=CCC(NC(=O)OCC1c2ccccc2-c2ccccc21)C(=O)NC(C(=O)O)C(C)O. The Labute approximate surface area is 198 Å². The van der Waals surface area contributed by atoms with Gasteiger partial charge in [0.05, 0.1) is 6.10 Å². The van der Waals surface area contributed by atoms with E-state index >= 15 is 0 Å². The van der Waals surface area contributed by atoms with Crippen molar-refractivity contribution in [1.29, 1.82) is 0 Å². The lowest BCUT2D eigenvalue weighted by Gasteiger charge is -2.22. The largest absolute Gasteiger partial charge is 0.480 e. The Kier molecular flexibility index (Phi) is 8.07. The first-order valence-electron chi connectivity index (χ1n) is 11.1. The second-order valence-corrected chi connectivity index (χ2v) is 8.60. The minimum absolute atomic E-state index is 0.0856. The van der Waals surface area contributed by atoms with E-state index in [1.807, 2.05) is 62.4 Å². The molecule has 180 valence electrons. The number of carboxylic acid groups (broad SMARTS) is 1. The average molecular weight is 467 g/mol. The van der Waals surface area contributed by atoms with Crippen molar-refractivity contribution in [3.05, 3.63) is 71.3 Å². The van der Waals surface area contributed by atoms with Gasteiger partial charge < -0.3 is 25.6 Å². The Morgan fingerprint density at radius 2 is 1.56 bits per heavy atom. The molecule has 0 heterocycles. The molecule has 0 aromatic heterocycles.